The number of rotatable bonds is 4. The van der Waals surface area contributed by atoms with E-state index in [-0.39, 0.29) is 17.2 Å². The molecule has 1 aromatic heterocycles. The second kappa shape index (κ2) is 6.95. The number of hydrogen-bond acceptors (Lipinski definition) is 5. The highest BCUT2D eigenvalue weighted by Gasteiger charge is 2.11. The van der Waals surface area contributed by atoms with Gasteiger partial charge in [-0.15, -0.1) is 0 Å². The minimum atomic E-state index is -0.736. The van der Waals surface area contributed by atoms with Gasteiger partial charge in [0.2, 0.25) is 0 Å². The number of nitrogen functional groups attached to an aromatic ring is 1. The summed E-state index contributed by atoms with van der Waals surface area (Å²) in [7, 11) is 0. The van der Waals surface area contributed by atoms with Gasteiger partial charge < -0.3 is 16.4 Å². The van der Waals surface area contributed by atoms with Crippen molar-refractivity contribution in [2.75, 3.05) is 16.4 Å². The van der Waals surface area contributed by atoms with Gasteiger partial charge in [0.1, 0.15) is 23.6 Å². The molecule has 24 heavy (non-hydrogen) atoms. The maximum absolute atomic E-state index is 13.7. The van der Waals surface area contributed by atoms with Crippen LogP contribution < -0.4 is 16.4 Å². The van der Waals surface area contributed by atoms with Crippen LogP contribution in [-0.4, -0.2) is 9.97 Å². The fourth-order valence-corrected chi connectivity index (χ4v) is 2.34. The molecule has 5 nitrogen and oxygen atoms in total. The Labute approximate surface area is 150 Å². The Balaban J connectivity index is 1.86. The smallest absolute Gasteiger partial charge is 0.159 e. The van der Waals surface area contributed by atoms with E-state index in [0.29, 0.717) is 5.82 Å². The lowest BCUT2D eigenvalue weighted by Gasteiger charge is -2.13. The molecule has 0 saturated carbocycles. The van der Waals surface area contributed by atoms with Gasteiger partial charge >= 0.3 is 0 Å². The minimum Gasteiger partial charge on any atom is -0.393 e. The SMILES string of the molecule is Nc1c(Nc2ccc(I)cc2)ncnc1Nc1ccc(F)cc1F. The third-order valence-electron chi connectivity index (χ3n) is 3.18. The Bertz CT molecular complexity index is 871. The molecule has 0 aliphatic carbocycles. The monoisotopic (exact) mass is 439 g/mol. The summed E-state index contributed by atoms with van der Waals surface area (Å²) in [5, 5.41) is 5.82. The molecule has 0 aliphatic heterocycles. The summed E-state index contributed by atoms with van der Waals surface area (Å²) in [6.07, 6.45) is 1.30. The molecule has 1 heterocycles. The fraction of sp³-hybridized carbons (Fsp3) is 0. The molecular formula is C16H12F2IN5. The van der Waals surface area contributed by atoms with E-state index in [9.17, 15) is 8.78 Å². The first-order chi connectivity index (χ1) is 11.5. The normalized spacial score (nSPS) is 10.5. The van der Waals surface area contributed by atoms with Crippen LogP contribution >= 0.6 is 22.6 Å². The van der Waals surface area contributed by atoms with Gasteiger partial charge in [-0.3, -0.25) is 0 Å². The van der Waals surface area contributed by atoms with Crippen molar-refractivity contribution in [1.82, 2.24) is 9.97 Å². The first-order valence-corrected chi connectivity index (χ1v) is 7.96. The van der Waals surface area contributed by atoms with Crippen LogP contribution in [0.2, 0.25) is 0 Å². The molecule has 0 atom stereocenters. The highest BCUT2D eigenvalue weighted by atomic mass is 127. The van der Waals surface area contributed by atoms with Crippen molar-refractivity contribution in [3.05, 3.63) is 64.0 Å². The predicted molar refractivity (Wildman–Crippen MR) is 98.5 cm³/mol. The van der Waals surface area contributed by atoms with Crippen LogP contribution in [0.25, 0.3) is 0 Å². The Kier molecular flexibility index (Phi) is 4.74. The van der Waals surface area contributed by atoms with E-state index >= 15 is 0 Å². The zero-order valence-corrected chi connectivity index (χ0v) is 14.4. The fourth-order valence-electron chi connectivity index (χ4n) is 1.98. The van der Waals surface area contributed by atoms with Gasteiger partial charge in [0.05, 0.1) is 5.69 Å². The van der Waals surface area contributed by atoms with Crippen molar-refractivity contribution in [2.24, 2.45) is 0 Å². The van der Waals surface area contributed by atoms with Crippen molar-refractivity contribution in [3.8, 4) is 0 Å². The Morgan fingerprint density at radius 3 is 2.25 bits per heavy atom. The number of hydrogen-bond donors (Lipinski definition) is 3. The number of nitrogens with two attached hydrogens (primary N) is 1. The summed E-state index contributed by atoms with van der Waals surface area (Å²) in [4.78, 5) is 8.10. The standard InChI is InChI=1S/C16H12F2IN5/c17-9-1-6-13(12(18)7-9)24-16-14(20)15(21-8-22-16)23-11-4-2-10(19)3-5-11/h1-8H,20H2,(H2,21,22,23,24). The number of anilines is 5. The maximum Gasteiger partial charge on any atom is 0.159 e. The molecular weight excluding hydrogens is 427 g/mol. The van der Waals surface area contributed by atoms with E-state index in [4.69, 9.17) is 5.73 Å². The van der Waals surface area contributed by atoms with Crippen LogP contribution in [0.4, 0.5) is 37.5 Å². The van der Waals surface area contributed by atoms with Crippen molar-refractivity contribution in [1.29, 1.82) is 0 Å². The van der Waals surface area contributed by atoms with Gasteiger partial charge in [-0.1, -0.05) is 0 Å². The predicted octanol–water partition coefficient (Wildman–Crippen LogP) is 4.43. The molecule has 122 valence electrons. The molecule has 0 bridgehead atoms. The third-order valence-corrected chi connectivity index (χ3v) is 3.89. The molecule has 0 aliphatic rings. The topological polar surface area (TPSA) is 75.9 Å². The van der Waals surface area contributed by atoms with E-state index in [0.717, 1.165) is 21.4 Å². The summed E-state index contributed by atoms with van der Waals surface area (Å²) in [5.74, 6) is -0.783. The second-order valence-corrected chi connectivity index (χ2v) is 6.11. The van der Waals surface area contributed by atoms with Crippen molar-refractivity contribution >= 4 is 51.3 Å². The Morgan fingerprint density at radius 2 is 1.58 bits per heavy atom. The zero-order chi connectivity index (χ0) is 17.1. The van der Waals surface area contributed by atoms with E-state index in [1.165, 1.54) is 12.4 Å². The molecule has 0 fully saturated rings. The lowest BCUT2D eigenvalue weighted by Crippen LogP contribution is -2.06. The van der Waals surface area contributed by atoms with Gasteiger partial charge in [-0.25, -0.2) is 18.7 Å². The molecule has 0 radical (unpaired) electrons. The highest BCUT2D eigenvalue weighted by Crippen LogP contribution is 2.29. The van der Waals surface area contributed by atoms with Gasteiger partial charge in [-0.2, -0.15) is 0 Å². The maximum atomic E-state index is 13.7. The third kappa shape index (κ3) is 3.70. The van der Waals surface area contributed by atoms with Crippen LogP contribution in [0.5, 0.6) is 0 Å². The Hall–Kier alpha value is -2.49. The van der Waals surface area contributed by atoms with Gasteiger partial charge in [0, 0.05) is 15.3 Å². The lowest BCUT2D eigenvalue weighted by molar-refractivity contribution is 0.586. The van der Waals surface area contributed by atoms with Crippen LogP contribution in [-0.2, 0) is 0 Å². The van der Waals surface area contributed by atoms with E-state index in [1.807, 2.05) is 24.3 Å². The average Bonchev–Trinajstić information content (AvgIpc) is 2.55. The van der Waals surface area contributed by atoms with E-state index in [1.54, 1.807) is 0 Å². The molecule has 2 aromatic carbocycles. The largest absolute Gasteiger partial charge is 0.393 e. The van der Waals surface area contributed by atoms with Crippen molar-refractivity contribution in [2.45, 2.75) is 0 Å². The molecule has 3 aromatic rings. The summed E-state index contributed by atoms with van der Waals surface area (Å²) in [5.41, 5.74) is 7.14. The van der Waals surface area contributed by atoms with E-state index < -0.39 is 11.6 Å². The second-order valence-electron chi connectivity index (χ2n) is 4.87. The molecule has 0 saturated heterocycles. The number of nitrogens with one attached hydrogen (secondary N) is 2. The van der Waals surface area contributed by atoms with Crippen LogP contribution in [0.15, 0.2) is 48.8 Å². The molecule has 0 unspecified atom stereocenters. The van der Waals surface area contributed by atoms with Crippen LogP contribution in [0, 0.1) is 15.2 Å². The van der Waals surface area contributed by atoms with E-state index in [2.05, 4.69) is 43.2 Å². The van der Waals surface area contributed by atoms with Gasteiger partial charge in [-0.05, 0) is 59.0 Å². The number of benzene rings is 2. The summed E-state index contributed by atoms with van der Waals surface area (Å²) in [6, 6.07) is 10.9. The van der Waals surface area contributed by atoms with Gasteiger partial charge in [0.15, 0.2) is 11.6 Å². The Morgan fingerprint density at radius 1 is 0.917 bits per heavy atom. The van der Waals surface area contributed by atoms with Gasteiger partial charge in [0.25, 0.3) is 0 Å². The lowest BCUT2D eigenvalue weighted by atomic mass is 10.3. The molecule has 8 heteroatoms. The molecule has 4 N–H and O–H groups in total. The summed E-state index contributed by atoms with van der Waals surface area (Å²) >= 11 is 2.21. The summed E-state index contributed by atoms with van der Waals surface area (Å²) < 4.78 is 27.8. The minimum absolute atomic E-state index is 0.0713. The van der Waals surface area contributed by atoms with Crippen LogP contribution in [0.3, 0.4) is 0 Å². The first-order valence-electron chi connectivity index (χ1n) is 6.88. The number of nitrogens with zero attached hydrogens (tertiary/aromatic N) is 2. The number of aromatic nitrogens is 2. The molecule has 0 spiro atoms. The summed E-state index contributed by atoms with van der Waals surface area (Å²) in [6.45, 7) is 0. The van der Waals surface area contributed by atoms with Crippen molar-refractivity contribution < 1.29 is 8.78 Å². The quantitative estimate of drug-likeness (QED) is 0.525. The average molecular weight is 439 g/mol. The van der Waals surface area contributed by atoms with Crippen molar-refractivity contribution in [3.63, 3.8) is 0 Å². The highest BCUT2D eigenvalue weighted by molar-refractivity contribution is 14.1. The molecule has 3 rings (SSSR count). The van der Waals surface area contributed by atoms with Crippen LogP contribution in [0.1, 0.15) is 0 Å². The zero-order valence-electron chi connectivity index (χ0n) is 12.2. The number of halogens is 3. The molecule has 0 amide bonds. The first kappa shape index (κ1) is 16.4.